The summed E-state index contributed by atoms with van der Waals surface area (Å²) in [6, 6.07) is 3.78. The highest BCUT2D eigenvalue weighted by atomic mass is 79.9. The lowest BCUT2D eigenvalue weighted by Gasteiger charge is -2.35. The van der Waals surface area contributed by atoms with Crippen LogP contribution in [0.15, 0.2) is 22.8 Å². The number of hydrogen-bond donors (Lipinski definition) is 1. The van der Waals surface area contributed by atoms with Crippen LogP contribution in [0.3, 0.4) is 0 Å². The Hall–Kier alpha value is -0.393. The molecule has 0 atom stereocenters. The van der Waals surface area contributed by atoms with Gasteiger partial charge in [-0.05, 0) is 30.3 Å². The Balaban J connectivity index is 2.65. The number of pyridine rings is 1. The molecule has 1 heterocycles. The molecule has 0 saturated carbocycles. The third-order valence-corrected chi connectivity index (χ3v) is 7.66. The number of anilines is 1. The Labute approximate surface area is 107 Å². The van der Waals surface area contributed by atoms with E-state index < -0.39 is 8.32 Å². The molecule has 5 heteroatoms. The third-order valence-electron chi connectivity index (χ3n) is 2.94. The van der Waals surface area contributed by atoms with E-state index in [4.69, 9.17) is 4.53 Å². The lowest BCUT2D eigenvalue weighted by molar-refractivity contribution is 0.363. The second-order valence-electron chi connectivity index (χ2n) is 5.32. The summed E-state index contributed by atoms with van der Waals surface area (Å²) in [5.74, 6) is 0.735. The first-order chi connectivity index (χ1) is 7.22. The zero-order valence-electron chi connectivity index (χ0n) is 10.5. The summed E-state index contributed by atoms with van der Waals surface area (Å²) in [7, 11) is -1.77. The zero-order chi connectivity index (χ0) is 12.4. The maximum absolute atomic E-state index is 5.84. The number of hydrogen-bond acceptors (Lipinski definition) is 3. The molecule has 90 valence electrons. The van der Waals surface area contributed by atoms with Crippen molar-refractivity contribution in [3.05, 3.63) is 22.8 Å². The van der Waals surface area contributed by atoms with Gasteiger partial charge in [-0.1, -0.05) is 36.7 Å². The van der Waals surface area contributed by atoms with Crippen LogP contribution in [0.4, 0.5) is 5.82 Å². The molecule has 1 rings (SSSR count). The van der Waals surface area contributed by atoms with Gasteiger partial charge in [-0.2, -0.15) is 0 Å². The fraction of sp³-hybridized carbons (Fsp3) is 0.545. The van der Waals surface area contributed by atoms with Crippen LogP contribution in [0.1, 0.15) is 20.8 Å². The van der Waals surface area contributed by atoms with Crippen LogP contribution >= 0.6 is 15.9 Å². The predicted octanol–water partition coefficient (Wildman–Crippen LogP) is 4.19. The van der Waals surface area contributed by atoms with Crippen LogP contribution in [-0.2, 0) is 4.53 Å². The number of halogens is 1. The fourth-order valence-electron chi connectivity index (χ4n) is 0.794. The molecule has 0 aliphatic heterocycles. The molecule has 0 saturated heterocycles. The lowest BCUT2D eigenvalue weighted by atomic mass is 10.2. The largest absolute Gasteiger partial charge is 0.321 e. The van der Waals surface area contributed by atoms with E-state index in [-0.39, 0.29) is 5.04 Å². The molecule has 0 aliphatic rings. The van der Waals surface area contributed by atoms with Crippen molar-refractivity contribution in [1.82, 2.24) is 4.98 Å². The maximum atomic E-state index is 5.84. The van der Waals surface area contributed by atoms with Crippen LogP contribution < -0.4 is 5.48 Å². The quantitative estimate of drug-likeness (QED) is 0.671. The van der Waals surface area contributed by atoms with Gasteiger partial charge in [-0.25, -0.2) is 4.98 Å². The smallest absolute Gasteiger partial charge is 0.228 e. The molecule has 0 amide bonds. The Morgan fingerprint density at radius 1 is 1.38 bits per heavy atom. The molecule has 1 N–H and O–H groups in total. The molecule has 0 aliphatic carbocycles. The molecule has 16 heavy (non-hydrogen) atoms. The van der Waals surface area contributed by atoms with Crippen LogP contribution in [-0.4, -0.2) is 13.3 Å². The second kappa shape index (κ2) is 4.85. The van der Waals surface area contributed by atoms with E-state index >= 15 is 0 Å². The average Bonchev–Trinajstić information content (AvgIpc) is 2.13. The van der Waals surface area contributed by atoms with Gasteiger partial charge in [0.2, 0.25) is 8.32 Å². The molecule has 1 aromatic rings. The Kier molecular flexibility index (Phi) is 4.15. The van der Waals surface area contributed by atoms with Crippen molar-refractivity contribution < 1.29 is 4.53 Å². The van der Waals surface area contributed by atoms with Gasteiger partial charge in [-0.3, -0.25) is 5.48 Å². The summed E-state index contributed by atoms with van der Waals surface area (Å²) in [4.78, 5) is 4.18. The first-order valence-corrected chi connectivity index (χ1v) is 8.98. The van der Waals surface area contributed by atoms with Gasteiger partial charge in [0.15, 0.2) is 0 Å². The van der Waals surface area contributed by atoms with Crippen molar-refractivity contribution in [2.75, 3.05) is 5.48 Å². The van der Waals surface area contributed by atoms with Gasteiger partial charge >= 0.3 is 0 Å². The summed E-state index contributed by atoms with van der Waals surface area (Å²) < 4.78 is 6.83. The highest BCUT2D eigenvalue weighted by molar-refractivity contribution is 9.10. The minimum absolute atomic E-state index is 0.187. The highest BCUT2D eigenvalue weighted by Gasteiger charge is 2.38. The number of rotatable bonds is 3. The van der Waals surface area contributed by atoms with Crippen LogP contribution in [0.2, 0.25) is 18.1 Å². The maximum Gasteiger partial charge on any atom is 0.228 e. The molecule has 0 bridgehead atoms. The highest BCUT2D eigenvalue weighted by Crippen LogP contribution is 2.36. The minimum Gasteiger partial charge on any atom is -0.321 e. The molecular formula is C11H19BrN2OSi. The summed E-state index contributed by atoms with van der Waals surface area (Å²) in [5, 5.41) is 0.187. The molecule has 3 nitrogen and oxygen atoms in total. The van der Waals surface area contributed by atoms with Crippen LogP contribution in [0, 0.1) is 0 Å². The van der Waals surface area contributed by atoms with Gasteiger partial charge in [0, 0.05) is 10.7 Å². The Morgan fingerprint density at radius 2 is 2.00 bits per heavy atom. The normalized spacial score (nSPS) is 12.6. The standard InChI is InChI=1S/C11H19BrN2OSi/c1-11(2,3)16(4,5)15-14-10-8-9(12)6-7-13-10/h6-8H,1-5H3,(H,13,14). The van der Waals surface area contributed by atoms with Gasteiger partial charge in [0.1, 0.15) is 5.82 Å². The molecule has 0 unspecified atom stereocenters. The minimum atomic E-state index is -1.77. The van der Waals surface area contributed by atoms with E-state index in [0.717, 1.165) is 10.3 Å². The number of nitrogens with one attached hydrogen (secondary N) is 1. The molecular weight excluding hydrogens is 284 g/mol. The first kappa shape index (κ1) is 13.7. The molecule has 0 aromatic carbocycles. The van der Waals surface area contributed by atoms with E-state index in [1.54, 1.807) is 6.20 Å². The third kappa shape index (κ3) is 3.57. The molecule has 0 spiro atoms. The first-order valence-electron chi connectivity index (χ1n) is 5.28. The van der Waals surface area contributed by atoms with E-state index in [2.05, 4.69) is 60.3 Å². The van der Waals surface area contributed by atoms with Crippen LogP contribution in [0.25, 0.3) is 0 Å². The summed E-state index contributed by atoms with van der Waals surface area (Å²) >= 11 is 3.40. The van der Waals surface area contributed by atoms with Gasteiger partial charge in [0.25, 0.3) is 0 Å². The van der Waals surface area contributed by atoms with Crippen LogP contribution in [0.5, 0.6) is 0 Å². The summed E-state index contributed by atoms with van der Waals surface area (Å²) in [6.45, 7) is 11.0. The van der Waals surface area contributed by atoms with Crippen molar-refractivity contribution in [3.63, 3.8) is 0 Å². The van der Waals surface area contributed by atoms with E-state index in [9.17, 15) is 0 Å². The summed E-state index contributed by atoms with van der Waals surface area (Å²) in [5.41, 5.74) is 2.95. The molecule has 0 radical (unpaired) electrons. The number of nitrogens with zero attached hydrogens (tertiary/aromatic N) is 1. The summed E-state index contributed by atoms with van der Waals surface area (Å²) in [6.07, 6.45) is 1.74. The zero-order valence-corrected chi connectivity index (χ0v) is 13.1. The van der Waals surface area contributed by atoms with Gasteiger partial charge in [0.05, 0.1) is 0 Å². The van der Waals surface area contributed by atoms with E-state index in [0.29, 0.717) is 0 Å². The molecule has 0 fully saturated rings. The van der Waals surface area contributed by atoms with E-state index in [1.807, 2.05) is 12.1 Å². The lowest BCUT2D eigenvalue weighted by Crippen LogP contribution is -2.42. The van der Waals surface area contributed by atoms with Gasteiger partial charge in [-0.15, -0.1) is 0 Å². The monoisotopic (exact) mass is 302 g/mol. The fourth-order valence-corrected chi connectivity index (χ4v) is 1.79. The van der Waals surface area contributed by atoms with E-state index in [1.165, 1.54) is 0 Å². The van der Waals surface area contributed by atoms with Crippen molar-refractivity contribution in [3.8, 4) is 0 Å². The predicted molar refractivity (Wildman–Crippen MR) is 73.8 cm³/mol. The number of aromatic nitrogens is 1. The topological polar surface area (TPSA) is 34.1 Å². The van der Waals surface area contributed by atoms with Crippen molar-refractivity contribution in [2.24, 2.45) is 0 Å². The van der Waals surface area contributed by atoms with Crippen molar-refractivity contribution in [1.29, 1.82) is 0 Å². The Morgan fingerprint density at radius 3 is 2.50 bits per heavy atom. The average molecular weight is 303 g/mol. The second-order valence-corrected chi connectivity index (χ2v) is 11.0. The SMILES string of the molecule is CC(C)(C)[Si](C)(C)ONc1cc(Br)ccn1. The van der Waals surface area contributed by atoms with Crippen molar-refractivity contribution in [2.45, 2.75) is 38.9 Å². The molecule has 1 aromatic heterocycles. The Bertz CT molecular complexity index is 363. The van der Waals surface area contributed by atoms with Gasteiger partial charge < -0.3 is 4.53 Å². The van der Waals surface area contributed by atoms with Crippen molar-refractivity contribution >= 4 is 30.1 Å².